The number of carbonyl (C=O) groups excluding carboxylic acids is 2. The molecular weight excluding hydrogens is 272 g/mol. The zero-order valence-corrected chi connectivity index (χ0v) is 11.2. The van der Waals surface area contributed by atoms with Gasteiger partial charge in [0.05, 0.1) is 17.1 Å². The molecule has 0 aliphatic carbocycles. The number of benzene rings is 1. The van der Waals surface area contributed by atoms with E-state index in [2.05, 4.69) is 5.32 Å². The number of carboxylic acids is 1. The lowest BCUT2D eigenvalue weighted by Crippen LogP contribution is -2.33. The quantitative estimate of drug-likeness (QED) is 0.876. The fourth-order valence-corrected chi connectivity index (χ4v) is 1.55. The molecule has 6 nitrogen and oxygen atoms in total. The molecule has 1 aromatic carbocycles. The molecule has 0 spiro atoms. The molecule has 1 aromatic rings. The average Bonchev–Trinajstić information content (AvgIpc) is 2.27. The van der Waals surface area contributed by atoms with Gasteiger partial charge in [0, 0.05) is 19.7 Å². The van der Waals surface area contributed by atoms with Crippen LogP contribution >= 0.6 is 11.6 Å². The van der Waals surface area contributed by atoms with E-state index in [9.17, 15) is 14.4 Å². The number of likely N-dealkylation sites (N-methyl/N-ethyl adjacent to an activating group) is 1. The third-order valence-corrected chi connectivity index (χ3v) is 2.71. The molecule has 0 fully saturated rings. The van der Waals surface area contributed by atoms with Crippen molar-refractivity contribution in [2.75, 3.05) is 18.9 Å². The first-order valence-corrected chi connectivity index (χ1v) is 5.73. The molecule has 0 saturated carbocycles. The van der Waals surface area contributed by atoms with Crippen molar-refractivity contribution < 1.29 is 19.5 Å². The van der Waals surface area contributed by atoms with E-state index in [4.69, 9.17) is 16.7 Å². The maximum absolute atomic E-state index is 11.6. The van der Waals surface area contributed by atoms with Crippen molar-refractivity contribution in [1.82, 2.24) is 4.90 Å². The molecule has 0 unspecified atom stereocenters. The smallest absolute Gasteiger partial charge is 0.337 e. The summed E-state index contributed by atoms with van der Waals surface area (Å²) in [4.78, 5) is 34.6. The predicted molar refractivity (Wildman–Crippen MR) is 70.4 cm³/mol. The number of nitrogens with one attached hydrogen (secondary N) is 1. The number of nitrogens with zero attached hydrogens (tertiary/aromatic N) is 1. The second kappa shape index (κ2) is 6.19. The third-order valence-electron chi connectivity index (χ3n) is 2.40. The normalized spacial score (nSPS) is 9.84. The number of hydrogen-bond acceptors (Lipinski definition) is 3. The van der Waals surface area contributed by atoms with E-state index >= 15 is 0 Å². The van der Waals surface area contributed by atoms with Gasteiger partial charge in [0.25, 0.3) is 0 Å². The number of carboxylic acid groups (broad SMARTS) is 1. The van der Waals surface area contributed by atoms with Gasteiger partial charge in [-0.25, -0.2) is 4.79 Å². The molecule has 1 rings (SSSR count). The van der Waals surface area contributed by atoms with Gasteiger partial charge in [-0.05, 0) is 18.2 Å². The molecule has 0 atom stereocenters. The van der Waals surface area contributed by atoms with Crippen LogP contribution in [0.4, 0.5) is 5.69 Å². The minimum Gasteiger partial charge on any atom is -0.478 e. The van der Waals surface area contributed by atoms with Crippen LogP contribution in [0.5, 0.6) is 0 Å². The molecule has 2 N–H and O–H groups in total. The van der Waals surface area contributed by atoms with Crippen LogP contribution < -0.4 is 5.32 Å². The van der Waals surface area contributed by atoms with Gasteiger partial charge in [-0.15, -0.1) is 0 Å². The summed E-state index contributed by atoms with van der Waals surface area (Å²) in [6, 6.07) is 4.08. The lowest BCUT2D eigenvalue weighted by molar-refractivity contribution is -0.131. The van der Waals surface area contributed by atoms with Crippen LogP contribution in [0.1, 0.15) is 17.3 Å². The Morgan fingerprint density at radius 3 is 2.47 bits per heavy atom. The Balaban J connectivity index is 2.73. The van der Waals surface area contributed by atoms with E-state index in [1.165, 1.54) is 37.1 Å². The van der Waals surface area contributed by atoms with Gasteiger partial charge in [-0.1, -0.05) is 11.6 Å². The first kappa shape index (κ1) is 15.0. The Kier molecular flexibility index (Phi) is 4.88. The Bertz CT molecular complexity index is 530. The van der Waals surface area contributed by atoms with Crippen LogP contribution in [-0.2, 0) is 9.59 Å². The van der Waals surface area contributed by atoms with E-state index in [0.717, 1.165) is 0 Å². The van der Waals surface area contributed by atoms with E-state index in [1.54, 1.807) is 0 Å². The first-order chi connectivity index (χ1) is 8.81. The second-order valence-electron chi connectivity index (χ2n) is 3.92. The summed E-state index contributed by atoms with van der Waals surface area (Å²) in [6.45, 7) is 1.26. The van der Waals surface area contributed by atoms with E-state index in [0.29, 0.717) is 5.69 Å². The molecular formula is C12H13ClN2O4. The highest BCUT2D eigenvalue weighted by Crippen LogP contribution is 2.20. The van der Waals surface area contributed by atoms with Crippen molar-refractivity contribution in [2.24, 2.45) is 0 Å². The highest BCUT2D eigenvalue weighted by Gasteiger charge is 2.12. The highest BCUT2D eigenvalue weighted by atomic mass is 35.5. The van der Waals surface area contributed by atoms with Crippen molar-refractivity contribution in [3.8, 4) is 0 Å². The molecule has 0 aliphatic rings. The summed E-state index contributed by atoms with van der Waals surface area (Å²) < 4.78 is 0. The number of carbonyl (C=O) groups is 3. The predicted octanol–water partition coefficient (Wildman–Crippen LogP) is 1.46. The fourth-order valence-electron chi connectivity index (χ4n) is 1.29. The molecule has 0 saturated heterocycles. The van der Waals surface area contributed by atoms with Crippen LogP contribution in [0.15, 0.2) is 18.2 Å². The van der Waals surface area contributed by atoms with Gasteiger partial charge in [-0.3, -0.25) is 9.59 Å². The van der Waals surface area contributed by atoms with Gasteiger partial charge in [-0.2, -0.15) is 0 Å². The van der Waals surface area contributed by atoms with Crippen LogP contribution in [0, 0.1) is 0 Å². The maximum atomic E-state index is 11.6. The monoisotopic (exact) mass is 284 g/mol. The minimum atomic E-state index is -1.14. The van der Waals surface area contributed by atoms with Crippen molar-refractivity contribution >= 4 is 35.1 Å². The zero-order valence-electron chi connectivity index (χ0n) is 10.4. The summed E-state index contributed by atoms with van der Waals surface area (Å²) in [5, 5.41) is 11.4. The molecule has 0 bridgehead atoms. The van der Waals surface area contributed by atoms with Crippen LogP contribution in [0.2, 0.25) is 5.02 Å². The molecule has 0 radical (unpaired) electrons. The van der Waals surface area contributed by atoms with Crippen molar-refractivity contribution in [1.29, 1.82) is 0 Å². The molecule has 0 aromatic heterocycles. The first-order valence-electron chi connectivity index (χ1n) is 5.35. The van der Waals surface area contributed by atoms with Crippen molar-refractivity contribution in [3.63, 3.8) is 0 Å². The van der Waals surface area contributed by atoms with Gasteiger partial charge in [0.15, 0.2) is 0 Å². The second-order valence-corrected chi connectivity index (χ2v) is 4.33. The van der Waals surface area contributed by atoms with Gasteiger partial charge >= 0.3 is 5.97 Å². The van der Waals surface area contributed by atoms with Gasteiger partial charge in [0.1, 0.15) is 0 Å². The standard InChI is InChI=1S/C12H13ClN2O4/c1-7(16)15(2)6-11(17)14-8-3-4-9(12(18)19)10(13)5-8/h3-5H,6H2,1-2H3,(H,14,17)(H,18,19). The van der Waals surface area contributed by atoms with Gasteiger partial charge in [0.2, 0.25) is 11.8 Å². The van der Waals surface area contributed by atoms with E-state index < -0.39 is 11.9 Å². The third kappa shape index (κ3) is 4.26. The average molecular weight is 285 g/mol. The van der Waals surface area contributed by atoms with E-state index in [1.807, 2.05) is 0 Å². The lowest BCUT2D eigenvalue weighted by Gasteiger charge is -2.14. The summed E-state index contributed by atoms with van der Waals surface area (Å²) in [7, 11) is 1.50. The van der Waals surface area contributed by atoms with Crippen LogP contribution in [0.3, 0.4) is 0 Å². The lowest BCUT2D eigenvalue weighted by atomic mass is 10.2. The fraction of sp³-hybridized carbons (Fsp3) is 0.250. The highest BCUT2D eigenvalue weighted by molar-refractivity contribution is 6.33. The minimum absolute atomic E-state index is 0.0326. The van der Waals surface area contributed by atoms with Crippen LogP contribution in [-0.4, -0.2) is 41.4 Å². The summed E-state index contributed by atoms with van der Waals surface area (Å²) >= 11 is 5.77. The van der Waals surface area contributed by atoms with Crippen molar-refractivity contribution in [3.05, 3.63) is 28.8 Å². The Hall–Kier alpha value is -2.08. The maximum Gasteiger partial charge on any atom is 0.337 e. The molecule has 2 amide bonds. The summed E-state index contributed by atoms with van der Waals surface area (Å²) in [6.07, 6.45) is 0. The molecule has 19 heavy (non-hydrogen) atoms. The number of anilines is 1. The van der Waals surface area contributed by atoms with Crippen molar-refractivity contribution in [2.45, 2.75) is 6.92 Å². The molecule has 7 heteroatoms. The largest absolute Gasteiger partial charge is 0.478 e. The number of halogens is 1. The Labute approximate surface area is 115 Å². The Morgan fingerprint density at radius 2 is 2.00 bits per heavy atom. The number of rotatable bonds is 4. The van der Waals surface area contributed by atoms with E-state index in [-0.39, 0.29) is 23.0 Å². The topological polar surface area (TPSA) is 86.7 Å². The summed E-state index contributed by atoms with van der Waals surface area (Å²) in [5.41, 5.74) is 0.331. The number of amides is 2. The molecule has 0 heterocycles. The molecule has 0 aliphatic heterocycles. The summed E-state index contributed by atoms with van der Waals surface area (Å²) in [5.74, 6) is -1.76. The number of hydrogen-bond donors (Lipinski definition) is 2. The van der Waals surface area contributed by atoms with Gasteiger partial charge < -0.3 is 15.3 Å². The van der Waals surface area contributed by atoms with Crippen LogP contribution in [0.25, 0.3) is 0 Å². The zero-order chi connectivity index (χ0) is 14.6. The molecule has 102 valence electrons. The number of aromatic carboxylic acids is 1. The Morgan fingerprint density at radius 1 is 1.37 bits per heavy atom. The SMILES string of the molecule is CC(=O)N(C)CC(=O)Nc1ccc(C(=O)O)c(Cl)c1.